The van der Waals surface area contributed by atoms with Gasteiger partial charge in [-0.3, -0.25) is 4.79 Å². The van der Waals surface area contributed by atoms with Crippen LogP contribution in [0.5, 0.6) is 5.75 Å². The van der Waals surface area contributed by atoms with E-state index in [2.05, 4.69) is 23.5 Å². The number of hydrogen-bond acceptors (Lipinski definition) is 5. The molecule has 140 valence electrons. The van der Waals surface area contributed by atoms with Crippen LogP contribution in [0.25, 0.3) is 0 Å². The van der Waals surface area contributed by atoms with Gasteiger partial charge in [0.2, 0.25) is 5.91 Å². The molecule has 2 rings (SSSR count). The number of nitrogens with zero attached hydrogens (tertiary/aromatic N) is 2. The number of ether oxygens (including phenoxy) is 3. The molecular formula is C20H26N2O4. The van der Waals surface area contributed by atoms with Crippen molar-refractivity contribution < 1.29 is 19.0 Å². The maximum Gasteiger partial charge on any atom is 0.246 e. The summed E-state index contributed by atoms with van der Waals surface area (Å²) < 4.78 is 16.3. The molecule has 0 saturated carbocycles. The molecule has 1 aliphatic rings. The summed E-state index contributed by atoms with van der Waals surface area (Å²) in [5.74, 6) is 3.20. The predicted molar refractivity (Wildman–Crippen MR) is 101 cm³/mol. The van der Waals surface area contributed by atoms with E-state index in [0.29, 0.717) is 46.1 Å². The van der Waals surface area contributed by atoms with Crippen LogP contribution in [-0.2, 0) is 14.3 Å². The molecular weight excluding hydrogens is 332 g/mol. The number of piperazine rings is 1. The lowest BCUT2D eigenvalue weighted by molar-refractivity contribution is -0.126. The van der Waals surface area contributed by atoms with Crippen LogP contribution in [0.3, 0.4) is 0 Å². The SMILES string of the molecule is C#CCOCCOCCOc1cccc(N2CCN(C(=O)C=C)CC2)c1. The van der Waals surface area contributed by atoms with Gasteiger partial charge in [-0.25, -0.2) is 0 Å². The molecule has 6 nitrogen and oxygen atoms in total. The highest BCUT2D eigenvalue weighted by molar-refractivity contribution is 5.87. The minimum absolute atomic E-state index is 0.00794. The summed E-state index contributed by atoms with van der Waals surface area (Å²) >= 11 is 0. The van der Waals surface area contributed by atoms with E-state index in [1.54, 1.807) is 0 Å². The zero-order valence-corrected chi connectivity index (χ0v) is 15.1. The Morgan fingerprint density at radius 2 is 1.88 bits per heavy atom. The van der Waals surface area contributed by atoms with Gasteiger partial charge in [0, 0.05) is 37.9 Å². The summed E-state index contributed by atoms with van der Waals surface area (Å²) in [5, 5.41) is 0. The highest BCUT2D eigenvalue weighted by Crippen LogP contribution is 2.22. The van der Waals surface area contributed by atoms with Gasteiger partial charge in [0.05, 0.1) is 19.8 Å². The molecule has 1 aromatic rings. The standard InChI is InChI=1S/C20H26N2O4/c1-3-12-24-13-14-25-15-16-26-19-7-5-6-18(17-19)21-8-10-22(11-9-21)20(23)4-2/h1,4-7,17H,2,8-16H2. The minimum atomic E-state index is -0.00794. The molecule has 0 N–H and O–H groups in total. The molecule has 0 spiro atoms. The summed E-state index contributed by atoms with van der Waals surface area (Å²) in [6.45, 7) is 8.79. The fourth-order valence-corrected chi connectivity index (χ4v) is 2.65. The van der Waals surface area contributed by atoms with Gasteiger partial charge in [0.1, 0.15) is 19.0 Å². The number of hydrogen-bond donors (Lipinski definition) is 0. The molecule has 26 heavy (non-hydrogen) atoms. The Labute approximate surface area is 155 Å². The number of benzene rings is 1. The molecule has 1 saturated heterocycles. The van der Waals surface area contributed by atoms with Crippen LogP contribution in [0, 0.1) is 12.3 Å². The topological polar surface area (TPSA) is 51.2 Å². The lowest BCUT2D eigenvalue weighted by Crippen LogP contribution is -2.48. The van der Waals surface area contributed by atoms with Crippen molar-refractivity contribution in [3.05, 3.63) is 36.9 Å². The molecule has 1 heterocycles. The maximum atomic E-state index is 11.7. The van der Waals surface area contributed by atoms with Crippen LogP contribution in [0.2, 0.25) is 0 Å². The average molecular weight is 358 g/mol. The van der Waals surface area contributed by atoms with E-state index in [-0.39, 0.29) is 5.91 Å². The number of rotatable bonds is 10. The second-order valence-corrected chi connectivity index (χ2v) is 5.73. The first-order chi connectivity index (χ1) is 12.7. The molecule has 1 fully saturated rings. The Bertz CT molecular complexity index is 618. The number of anilines is 1. The summed E-state index contributed by atoms with van der Waals surface area (Å²) in [5.41, 5.74) is 1.09. The molecule has 1 aromatic carbocycles. The van der Waals surface area contributed by atoms with Crippen LogP contribution >= 0.6 is 0 Å². The summed E-state index contributed by atoms with van der Waals surface area (Å²) in [6, 6.07) is 7.97. The Morgan fingerprint density at radius 3 is 2.62 bits per heavy atom. The molecule has 0 unspecified atom stereocenters. The van der Waals surface area contributed by atoms with Gasteiger partial charge in [-0.15, -0.1) is 6.42 Å². The number of carbonyl (C=O) groups excluding carboxylic acids is 1. The lowest BCUT2D eigenvalue weighted by atomic mass is 10.2. The Kier molecular flexibility index (Phi) is 8.53. The predicted octanol–water partition coefficient (Wildman–Crippen LogP) is 1.57. The zero-order valence-electron chi connectivity index (χ0n) is 15.1. The summed E-state index contributed by atoms with van der Waals surface area (Å²) in [4.78, 5) is 15.7. The minimum Gasteiger partial charge on any atom is -0.491 e. The Balaban J connectivity index is 1.70. The van der Waals surface area contributed by atoms with Gasteiger partial charge in [0.25, 0.3) is 0 Å². The van der Waals surface area contributed by atoms with Gasteiger partial charge in [-0.05, 0) is 18.2 Å². The van der Waals surface area contributed by atoms with Gasteiger partial charge in [0.15, 0.2) is 0 Å². The molecule has 6 heteroatoms. The van der Waals surface area contributed by atoms with Crippen LogP contribution < -0.4 is 9.64 Å². The Hall–Kier alpha value is -2.49. The zero-order chi connectivity index (χ0) is 18.6. The molecule has 0 atom stereocenters. The average Bonchev–Trinajstić information content (AvgIpc) is 2.70. The van der Waals surface area contributed by atoms with Crippen LogP contribution in [0.4, 0.5) is 5.69 Å². The van der Waals surface area contributed by atoms with Gasteiger partial charge < -0.3 is 24.0 Å². The maximum absolute atomic E-state index is 11.7. The summed E-state index contributed by atoms with van der Waals surface area (Å²) in [6.07, 6.45) is 6.46. The van der Waals surface area contributed by atoms with Crippen LogP contribution in [-0.4, -0.2) is 70.0 Å². The van der Waals surface area contributed by atoms with Crippen molar-refractivity contribution >= 4 is 11.6 Å². The van der Waals surface area contributed by atoms with E-state index in [1.807, 2.05) is 23.1 Å². The highest BCUT2D eigenvalue weighted by atomic mass is 16.5. The van der Waals surface area contributed by atoms with Crippen LogP contribution in [0.15, 0.2) is 36.9 Å². The molecule has 0 bridgehead atoms. The van der Waals surface area contributed by atoms with E-state index >= 15 is 0 Å². The summed E-state index contributed by atoms with van der Waals surface area (Å²) in [7, 11) is 0. The van der Waals surface area contributed by atoms with E-state index in [4.69, 9.17) is 20.6 Å². The van der Waals surface area contributed by atoms with E-state index < -0.39 is 0 Å². The van der Waals surface area contributed by atoms with Crippen molar-refractivity contribution in [1.82, 2.24) is 4.90 Å². The molecule has 0 radical (unpaired) electrons. The fourth-order valence-electron chi connectivity index (χ4n) is 2.65. The van der Waals surface area contributed by atoms with E-state index in [1.165, 1.54) is 6.08 Å². The second-order valence-electron chi connectivity index (χ2n) is 5.73. The fraction of sp³-hybridized carbons (Fsp3) is 0.450. The van der Waals surface area contributed by atoms with Crippen molar-refractivity contribution in [1.29, 1.82) is 0 Å². The van der Waals surface area contributed by atoms with Crippen molar-refractivity contribution in [3.63, 3.8) is 0 Å². The van der Waals surface area contributed by atoms with Crippen molar-refractivity contribution in [3.8, 4) is 18.1 Å². The third-order valence-corrected chi connectivity index (χ3v) is 4.00. The van der Waals surface area contributed by atoms with Crippen LogP contribution in [0.1, 0.15) is 0 Å². The third-order valence-electron chi connectivity index (χ3n) is 4.00. The van der Waals surface area contributed by atoms with Gasteiger partial charge in [-0.2, -0.15) is 0 Å². The van der Waals surface area contributed by atoms with Gasteiger partial charge in [-0.1, -0.05) is 18.6 Å². The lowest BCUT2D eigenvalue weighted by Gasteiger charge is -2.35. The largest absolute Gasteiger partial charge is 0.491 e. The number of terminal acetylenes is 1. The smallest absolute Gasteiger partial charge is 0.246 e. The van der Waals surface area contributed by atoms with Gasteiger partial charge >= 0.3 is 0 Å². The quantitative estimate of drug-likeness (QED) is 0.361. The van der Waals surface area contributed by atoms with E-state index in [0.717, 1.165) is 24.5 Å². The van der Waals surface area contributed by atoms with E-state index in [9.17, 15) is 4.79 Å². The first-order valence-corrected chi connectivity index (χ1v) is 8.72. The molecule has 1 amide bonds. The first kappa shape index (κ1) is 19.8. The third kappa shape index (κ3) is 6.43. The molecule has 1 aliphatic heterocycles. The first-order valence-electron chi connectivity index (χ1n) is 8.72. The normalized spacial score (nSPS) is 14.0. The molecule has 0 aromatic heterocycles. The molecule has 0 aliphatic carbocycles. The number of amides is 1. The van der Waals surface area contributed by atoms with Crippen molar-refractivity contribution in [2.75, 3.05) is 64.1 Å². The van der Waals surface area contributed by atoms with Crippen molar-refractivity contribution in [2.24, 2.45) is 0 Å². The monoisotopic (exact) mass is 358 g/mol. The van der Waals surface area contributed by atoms with Crippen molar-refractivity contribution in [2.45, 2.75) is 0 Å². The second kappa shape index (κ2) is 11.2. The number of carbonyl (C=O) groups is 1. The Morgan fingerprint density at radius 1 is 1.15 bits per heavy atom. The highest BCUT2D eigenvalue weighted by Gasteiger charge is 2.19.